The van der Waals surface area contributed by atoms with Crippen LogP contribution in [0.25, 0.3) is 0 Å². The van der Waals surface area contributed by atoms with Gasteiger partial charge < -0.3 is 0 Å². The van der Waals surface area contributed by atoms with Gasteiger partial charge in [0.05, 0.1) is 0 Å². The molecule has 0 fully saturated rings. The van der Waals surface area contributed by atoms with Crippen LogP contribution in [0.1, 0.15) is 0 Å². The summed E-state index contributed by atoms with van der Waals surface area (Å²) in [6.45, 7) is 0. The van der Waals surface area contributed by atoms with E-state index < -0.39 is 44.3 Å². The van der Waals surface area contributed by atoms with Gasteiger partial charge in [-0.2, -0.15) is 0 Å². The van der Waals surface area contributed by atoms with Crippen LogP contribution in [-0.2, 0) is 90.4 Å². The Bertz CT molecular complexity index is 111. The molecule has 0 aliphatic carbocycles. The summed E-state index contributed by atoms with van der Waals surface area (Å²) in [5.74, 6) is 0. The van der Waals surface area contributed by atoms with Crippen molar-refractivity contribution in [3.8, 4) is 0 Å². The molecule has 0 heterocycles. The van der Waals surface area contributed by atoms with Gasteiger partial charge in [0.1, 0.15) is 0 Å². The van der Waals surface area contributed by atoms with Crippen LogP contribution in [0.5, 0.6) is 0 Å². The maximum absolute atomic E-state index is 8.54. The molecule has 0 aliphatic heterocycles. The van der Waals surface area contributed by atoms with Crippen molar-refractivity contribution in [1.82, 2.24) is 0 Å². The van der Waals surface area contributed by atoms with E-state index in [1.807, 2.05) is 0 Å². The predicted octanol–water partition coefficient (Wildman–Crippen LogP) is -7.50. The van der Waals surface area contributed by atoms with Gasteiger partial charge in [-0.3, -0.25) is 0 Å². The topological polar surface area (TPSA) is 190 Å². The molecule has 9 nitrogen and oxygen atoms in total. The summed E-state index contributed by atoms with van der Waals surface area (Å²) < 4.78 is 76.9. The fraction of sp³-hybridized carbons (Fsp3) is 0. The van der Waals surface area contributed by atoms with Crippen LogP contribution in [0.3, 0.4) is 0 Å². The van der Waals surface area contributed by atoms with Crippen molar-refractivity contribution in [2.45, 2.75) is 0 Å². The van der Waals surface area contributed by atoms with Crippen molar-refractivity contribution in [3.63, 3.8) is 0 Å². The Kier molecular flexibility index (Phi) is 51.3. The summed E-state index contributed by atoms with van der Waals surface area (Å²) in [6.07, 6.45) is 0. The standard InChI is InChI=1S/5Cr.9O/q;;;2*+3;;;;6*-1. The van der Waals surface area contributed by atoms with Crippen molar-refractivity contribution >= 4 is 0 Å². The summed E-state index contributed by atoms with van der Waals surface area (Å²) >= 11 is -11.4. The van der Waals surface area contributed by atoms with Crippen LogP contribution in [0.4, 0.5) is 0 Å². The molecule has 84 valence electrons. The molecule has 0 unspecified atom stereocenters. The van der Waals surface area contributed by atoms with Gasteiger partial charge in [-0.1, -0.05) is 0 Å². The number of hydrogen-bond acceptors (Lipinski definition) is 9. The van der Waals surface area contributed by atoms with Gasteiger partial charge in [0, 0.05) is 0 Å². The van der Waals surface area contributed by atoms with E-state index in [1.165, 1.54) is 0 Å². The Morgan fingerprint density at radius 1 is 0.500 bits per heavy atom. The molecule has 0 saturated heterocycles. The van der Waals surface area contributed by atoms with Gasteiger partial charge in [0.25, 0.3) is 0 Å². The molecular formula is Cr5O9. The van der Waals surface area contributed by atoms with Crippen LogP contribution in [0.15, 0.2) is 0 Å². The molecule has 0 amide bonds. The third-order valence-corrected chi connectivity index (χ3v) is 0. The van der Waals surface area contributed by atoms with Crippen molar-refractivity contribution in [3.05, 3.63) is 0 Å². The van der Waals surface area contributed by atoms with Crippen LogP contribution in [0.2, 0.25) is 0 Å². The van der Waals surface area contributed by atoms with E-state index in [2.05, 4.69) is 0 Å². The van der Waals surface area contributed by atoms with E-state index in [0.717, 1.165) is 0 Å². The average Bonchev–Trinajstić information content (AvgIpc) is 1.54. The summed E-state index contributed by atoms with van der Waals surface area (Å²) in [5, 5.41) is 0. The molecule has 0 atom stereocenters. The van der Waals surface area contributed by atoms with Crippen LogP contribution in [0, 0.1) is 0 Å². The van der Waals surface area contributed by atoms with E-state index in [9.17, 15) is 0 Å². The Hall–Kier alpha value is 1.82. The van der Waals surface area contributed by atoms with Crippen LogP contribution in [-0.4, -0.2) is 0 Å². The second kappa shape index (κ2) is 24.2. The zero-order valence-electron chi connectivity index (χ0n) is 5.72. The first-order valence-corrected chi connectivity index (χ1v) is 6.18. The monoisotopic (exact) mass is 404 g/mol. The molecular weight excluding hydrogens is 404 g/mol. The molecule has 0 aromatic heterocycles. The molecule has 2 radical (unpaired) electrons. The molecule has 14 heteroatoms. The quantitative estimate of drug-likeness (QED) is 0.377. The first-order valence-electron chi connectivity index (χ1n) is 1.50. The van der Waals surface area contributed by atoms with Gasteiger partial charge in [-0.25, -0.2) is 0 Å². The third-order valence-electron chi connectivity index (χ3n) is 0. The molecule has 0 N–H and O–H groups in total. The van der Waals surface area contributed by atoms with Crippen molar-refractivity contribution < 1.29 is 115 Å². The first kappa shape index (κ1) is 29.7. The fourth-order valence-electron chi connectivity index (χ4n) is 0. The summed E-state index contributed by atoms with van der Waals surface area (Å²) in [5.41, 5.74) is 0. The zero-order valence-corrected chi connectivity index (χ0v) is 12.1. The Labute approximate surface area is 114 Å². The van der Waals surface area contributed by atoms with Crippen molar-refractivity contribution in [1.29, 1.82) is 0 Å². The molecule has 0 aromatic rings. The van der Waals surface area contributed by atoms with E-state index in [1.54, 1.807) is 0 Å². The Balaban J connectivity index is -0.0000000270. The summed E-state index contributed by atoms with van der Waals surface area (Å²) in [4.78, 5) is 0. The second-order valence-electron chi connectivity index (χ2n) is 0.612. The normalized spacial score (nSPS) is 7.50. The third kappa shape index (κ3) is 684. The van der Waals surface area contributed by atoms with Crippen molar-refractivity contribution in [2.24, 2.45) is 0 Å². The number of hydrogen-bond donors (Lipinski definition) is 0. The summed E-state index contributed by atoms with van der Waals surface area (Å²) in [7, 11) is 0. The molecule has 0 spiro atoms. The maximum atomic E-state index is 8.54. The van der Waals surface area contributed by atoms with Gasteiger partial charge in [-0.05, 0) is 0 Å². The first-order chi connectivity index (χ1) is 5.20. The fourth-order valence-corrected chi connectivity index (χ4v) is 0. The van der Waals surface area contributed by atoms with Gasteiger partial charge >= 0.3 is 115 Å². The predicted molar refractivity (Wildman–Crippen MR) is 2.06 cm³/mol. The van der Waals surface area contributed by atoms with Gasteiger partial charge in [-0.15, -0.1) is 0 Å². The minimum atomic E-state index is -3.79. The number of rotatable bonds is 0. The Morgan fingerprint density at radius 2 is 0.500 bits per heavy atom. The van der Waals surface area contributed by atoms with Gasteiger partial charge in [0.2, 0.25) is 0 Å². The minimum absolute atomic E-state index is 0. The zero-order chi connectivity index (χ0) is 10.7. The molecule has 0 rings (SSSR count). The van der Waals surface area contributed by atoms with E-state index in [-0.39, 0.29) is 34.7 Å². The van der Waals surface area contributed by atoms with Crippen molar-refractivity contribution in [2.75, 3.05) is 0 Å². The summed E-state index contributed by atoms with van der Waals surface area (Å²) in [6, 6.07) is 0. The molecule has 0 saturated carbocycles. The SMILES string of the molecule is [Cr+3].[Cr+3].[O]=[Cr]([O-])[O-].[O]=[Cr]([O-])[O-].[O]=[Cr]([O-])[O-]. The van der Waals surface area contributed by atoms with E-state index in [0.29, 0.717) is 0 Å². The Morgan fingerprint density at radius 3 is 0.500 bits per heavy atom. The molecule has 0 bridgehead atoms. The molecule has 14 heavy (non-hydrogen) atoms. The average molecular weight is 404 g/mol. The second-order valence-corrected chi connectivity index (χ2v) is 2.52. The van der Waals surface area contributed by atoms with Crippen LogP contribution >= 0.6 is 0 Å². The van der Waals surface area contributed by atoms with Crippen LogP contribution < -0.4 is 24.9 Å². The van der Waals surface area contributed by atoms with Gasteiger partial charge in [0.15, 0.2) is 0 Å². The molecule has 0 aliphatic rings. The van der Waals surface area contributed by atoms with E-state index in [4.69, 9.17) is 36.4 Å². The molecule has 0 aromatic carbocycles. The van der Waals surface area contributed by atoms with E-state index >= 15 is 0 Å².